The molecule has 0 amide bonds. The Balaban J connectivity index is 2.25. The van der Waals surface area contributed by atoms with E-state index < -0.39 is 6.10 Å². The van der Waals surface area contributed by atoms with Gasteiger partial charge in [0.1, 0.15) is 11.5 Å². The fourth-order valence-electron chi connectivity index (χ4n) is 2.66. The highest BCUT2D eigenvalue weighted by Crippen LogP contribution is 2.38. The maximum absolute atomic E-state index is 10.8. The third-order valence-electron chi connectivity index (χ3n) is 3.78. The van der Waals surface area contributed by atoms with Crippen LogP contribution in [0.1, 0.15) is 31.1 Å². The normalized spacial score (nSPS) is 13.5. The lowest BCUT2D eigenvalue weighted by molar-refractivity contribution is 0.110. The highest BCUT2D eigenvalue weighted by Gasteiger charge is 2.24. The molecule has 118 valence electrons. The molecule has 2 unspecified atom stereocenters. The van der Waals surface area contributed by atoms with Gasteiger partial charge < -0.3 is 14.6 Å². The lowest BCUT2D eigenvalue weighted by Crippen LogP contribution is -2.14. The van der Waals surface area contributed by atoms with Crippen molar-refractivity contribution >= 4 is 0 Å². The van der Waals surface area contributed by atoms with E-state index in [4.69, 9.17) is 9.47 Å². The van der Waals surface area contributed by atoms with Gasteiger partial charge in [0.2, 0.25) is 0 Å². The van der Waals surface area contributed by atoms with Crippen LogP contribution in [0, 0.1) is 5.92 Å². The minimum atomic E-state index is -0.641. The van der Waals surface area contributed by atoms with Gasteiger partial charge in [-0.25, -0.2) is 0 Å². The zero-order chi connectivity index (χ0) is 15.9. The summed E-state index contributed by atoms with van der Waals surface area (Å²) in [6, 6.07) is 15.8. The summed E-state index contributed by atoms with van der Waals surface area (Å²) in [6.45, 7) is 4.53. The van der Waals surface area contributed by atoms with Gasteiger partial charge in [-0.2, -0.15) is 0 Å². The molecule has 0 saturated carbocycles. The zero-order valence-electron chi connectivity index (χ0n) is 13.5. The molecule has 0 heterocycles. The monoisotopic (exact) mass is 300 g/mol. The average molecular weight is 300 g/mol. The number of aliphatic hydroxyl groups excluding tert-OH is 1. The molecular formula is C19H24O3. The van der Waals surface area contributed by atoms with Crippen molar-refractivity contribution in [3.8, 4) is 11.5 Å². The van der Waals surface area contributed by atoms with E-state index in [1.54, 1.807) is 7.11 Å². The molecule has 0 spiro atoms. The molecule has 0 radical (unpaired) electrons. The second kappa shape index (κ2) is 7.85. The molecule has 0 aliphatic carbocycles. The van der Waals surface area contributed by atoms with Gasteiger partial charge in [0, 0.05) is 0 Å². The SMILES string of the molecule is CCOc1cccc(OC)c1C(O)C(C)Cc1ccccc1. The summed E-state index contributed by atoms with van der Waals surface area (Å²) in [5.74, 6) is 1.41. The van der Waals surface area contributed by atoms with Gasteiger partial charge >= 0.3 is 0 Å². The van der Waals surface area contributed by atoms with Crippen LogP contribution in [-0.2, 0) is 6.42 Å². The smallest absolute Gasteiger partial charge is 0.128 e. The van der Waals surface area contributed by atoms with E-state index in [-0.39, 0.29) is 5.92 Å². The lowest BCUT2D eigenvalue weighted by atomic mass is 9.90. The Labute approximate surface area is 132 Å². The first-order chi connectivity index (χ1) is 10.7. The summed E-state index contributed by atoms with van der Waals surface area (Å²) in [4.78, 5) is 0. The molecule has 0 aromatic heterocycles. The van der Waals surface area contributed by atoms with Crippen molar-refractivity contribution < 1.29 is 14.6 Å². The Morgan fingerprint density at radius 3 is 2.32 bits per heavy atom. The second-order valence-electron chi connectivity index (χ2n) is 5.42. The van der Waals surface area contributed by atoms with Crippen molar-refractivity contribution in [3.05, 3.63) is 59.7 Å². The van der Waals surface area contributed by atoms with Crippen LogP contribution in [0.5, 0.6) is 11.5 Å². The van der Waals surface area contributed by atoms with E-state index in [9.17, 15) is 5.11 Å². The van der Waals surface area contributed by atoms with Gasteiger partial charge in [-0.15, -0.1) is 0 Å². The fourth-order valence-corrected chi connectivity index (χ4v) is 2.66. The predicted octanol–water partition coefficient (Wildman–Crippen LogP) is 4.01. The maximum atomic E-state index is 10.8. The maximum Gasteiger partial charge on any atom is 0.128 e. The van der Waals surface area contributed by atoms with Crippen LogP contribution in [0.4, 0.5) is 0 Å². The molecule has 3 nitrogen and oxygen atoms in total. The van der Waals surface area contributed by atoms with E-state index in [0.29, 0.717) is 18.1 Å². The van der Waals surface area contributed by atoms with E-state index >= 15 is 0 Å². The van der Waals surface area contributed by atoms with Crippen LogP contribution in [0.3, 0.4) is 0 Å². The van der Waals surface area contributed by atoms with E-state index in [0.717, 1.165) is 12.0 Å². The molecule has 2 aromatic rings. The van der Waals surface area contributed by atoms with Crippen molar-refractivity contribution in [2.45, 2.75) is 26.4 Å². The predicted molar refractivity (Wildman–Crippen MR) is 88.4 cm³/mol. The Hall–Kier alpha value is -2.00. The molecule has 22 heavy (non-hydrogen) atoms. The van der Waals surface area contributed by atoms with E-state index in [2.05, 4.69) is 12.1 Å². The van der Waals surface area contributed by atoms with Gasteiger partial charge in [-0.05, 0) is 37.0 Å². The summed E-state index contributed by atoms with van der Waals surface area (Å²) >= 11 is 0. The molecule has 2 rings (SSSR count). The van der Waals surface area contributed by atoms with Crippen LogP contribution in [0.25, 0.3) is 0 Å². The first kappa shape index (κ1) is 16.4. The molecule has 1 N–H and O–H groups in total. The van der Waals surface area contributed by atoms with Gasteiger partial charge in [-0.3, -0.25) is 0 Å². The van der Waals surface area contributed by atoms with Crippen molar-refractivity contribution in [1.82, 2.24) is 0 Å². The summed E-state index contributed by atoms with van der Waals surface area (Å²) in [7, 11) is 1.61. The Kier molecular flexibility index (Phi) is 5.84. The number of rotatable bonds is 7. The topological polar surface area (TPSA) is 38.7 Å². The molecule has 0 bridgehead atoms. The molecule has 2 atom stereocenters. The van der Waals surface area contributed by atoms with Crippen molar-refractivity contribution in [2.75, 3.05) is 13.7 Å². The first-order valence-corrected chi connectivity index (χ1v) is 7.69. The number of methoxy groups -OCH3 is 1. The number of benzene rings is 2. The Bertz CT molecular complexity index is 580. The molecule has 0 aliphatic rings. The molecule has 2 aromatic carbocycles. The minimum absolute atomic E-state index is 0.0536. The van der Waals surface area contributed by atoms with Crippen LogP contribution in [-0.4, -0.2) is 18.8 Å². The zero-order valence-corrected chi connectivity index (χ0v) is 13.5. The second-order valence-corrected chi connectivity index (χ2v) is 5.42. The van der Waals surface area contributed by atoms with E-state index in [1.807, 2.05) is 50.2 Å². The summed E-state index contributed by atoms with van der Waals surface area (Å²) in [6.07, 6.45) is 0.156. The van der Waals surface area contributed by atoms with Gasteiger partial charge in [0.25, 0.3) is 0 Å². The number of aliphatic hydroxyl groups is 1. The highest BCUT2D eigenvalue weighted by atomic mass is 16.5. The molecule has 0 aliphatic heterocycles. The van der Waals surface area contributed by atoms with Gasteiger partial charge in [0.05, 0.1) is 25.4 Å². The van der Waals surface area contributed by atoms with Gasteiger partial charge in [-0.1, -0.05) is 43.3 Å². The van der Waals surface area contributed by atoms with Crippen LogP contribution in [0.2, 0.25) is 0 Å². The summed E-state index contributed by atoms with van der Waals surface area (Å²) < 4.78 is 11.1. The van der Waals surface area contributed by atoms with Crippen molar-refractivity contribution in [3.63, 3.8) is 0 Å². The van der Waals surface area contributed by atoms with E-state index in [1.165, 1.54) is 5.56 Å². The Morgan fingerprint density at radius 1 is 1.00 bits per heavy atom. The van der Waals surface area contributed by atoms with Gasteiger partial charge in [0.15, 0.2) is 0 Å². The lowest BCUT2D eigenvalue weighted by Gasteiger charge is -2.23. The molecule has 3 heteroatoms. The first-order valence-electron chi connectivity index (χ1n) is 7.69. The number of ether oxygens (including phenoxy) is 2. The summed E-state index contributed by atoms with van der Waals surface area (Å²) in [5, 5.41) is 10.8. The quantitative estimate of drug-likeness (QED) is 0.840. The molecule has 0 saturated heterocycles. The van der Waals surface area contributed by atoms with Crippen LogP contribution in [0.15, 0.2) is 48.5 Å². The standard InChI is InChI=1S/C19H24O3/c1-4-22-17-12-8-11-16(21-3)18(17)19(20)14(2)13-15-9-6-5-7-10-15/h5-12,14,19-20H,4,13H2,1-3H3. The highest BCUT2D eigenvalue weighted by molar-refractivity contribution is 5.46. The molecule has 0 fully saturated rings. The van der Waals surface area contributed by atoms with Crippen molar-refractivity contribution in [1.29, 1.82) is 0 Å². The van der Waals surface area contributed by atoms with Crippen molar-refractivity contribution in [2.24, 2.45) is 5.92 Å². The number of hydrogen-bond donors (Lipinski definition) is 1. The number of hydrogen-bond acceptors (Lipinski definition) is 3. The van der Waals surface area contributed by atoms with Crippen LogP contribution < -0.4 is 9.47 Å². The van der Waals surface area contributed by atoms with Crippen LogP contribution >= 0.6 is 0 Å². The fraction of sp³-hybridized carbons (Fsp3) is 0.368. The molecular weight excluding hydrogens is 276 g/mol. The average Bonchev–Trinajstić information content (AvgIpc) is 2.55. The Morgan fingerprint density at radius 2 is 1.68 bits per heavy atom. The summed E-state index contributed by atoms with van der Waals surface area (Å²) in [5.41, 5.74) is 1.94. The largest absolute Gasteiger partial charge is 0.496 e. The minimum Gasteiger partial charge on any atom is -0.496 e. The third kappa shape index (κ3) is 3.80. The third-order valence-corrected chi connectivity index (χ3v) is 3.78.